The van der Waals surface area contributed by atoms with E-state index in [9.17, 15) is 35.9 Å². The maximum atomic E-state index is 13.8. The number of fused-ring (bicyclic) bond motifs is 1. The molecule has 1 aromatic carbocycles. The van der Waals surface area contributed by atoms with E-state index in [1.54, 1.807) is 6.07 Å². The lowest BCUT2D eigenvalue weighted by atomic mass is 10.0. The molecule has 0 spiro atoms. The monoisotopic (exact) mass is 524 g/mol. The molecule has 0 unspecified atom stereocenters. The van der Waals surface area contributed by atoms with Crippen LogP contribution in [0, 0.1) is 28.8 Å². The van der Waals surface area contributed by atoms with Crippen molar-refractivity contribution in [1.82, 2.24) is 19.8 Å². The topological polar surface area (TPSA) is 117 Å². The molecule has 0 saturated carbocycles. The van der Waals surface area contributed by atoms with Crippen molar-refractivity contribution >= 4 is 24.2 Å². The van der Waals surface area contributed by atoms with E-state index in [1.807, 2.05) is 0 Å². The predicted octanol–water partition coefficient (Wildman–Crippen LogP) is 2.30. The minimum atomic E-state index is -4.86. The number of hydrogen-bond donors (Lipinski definition) is 2. The molecule has 0 fully saturated rings. The Bertz CT molecular complexity index is 1160. The van der Waals surface area contributed by atoms with Crippen molar-refractivity contribution in [1.29, 1.82) is 5.26 Å². The van der Waals surface area contributed by atoms with Crippen molar-refractivity contribution in [3.05, 3.63) is 52.4 Å². The van der Waals surface area contributed by atoms with Crippen molar-refractivity contribution in [2.75, 3.05) is 13.1 Å². The van der Waals surface area contributed by atoms with Crippen LogP contribution in [-0.4, -0.2) is 45.4 Å². The van der Waals surface area contributed by atoms with Gasteiger partial charge in [-0.2, -0.15) is 18.4 Å². The minimum absolute atomic E-state index is 0. The van der Waals surface area contributed by atoms with Crippen LogP contribution in [-0.2, 0) is 30.5 Å². The Morgan fingerprint density at radius 2 is 1.83 bits per heavy atom. The molecule has 1 aliphatic rings. The molecule has 1 aromatic heterocycles. The summed E-state index contributed by atoms with van der Waals surface area (Å²) in [5, 5.41) is 10.7. The van der Waals surface area contributed by atoms with E-state index in [0.717, 1.165) is 4.57 Å². The zero-order chi connectivity index (χ0) is 25.2. The average Bonchev–Trinajstić information content (AvgIpc) is 3.15. The van der Waals surface area contributed by atoms with E-state index in [1.165, 1.54) is 4.90 Å². The van der Waals surface area contributed by atoms with Gasteiger partial charge in [-0.05, 0) is 18.1 Å². The van der Waals surface area contributed by atoms with Gasteiger partial charge in [0.25, 0.3) is 5.91 Å². The van der Waals surface area contributed by atoms with Crippen LogP contribution in [0.25, 0.3) is 0 Å². The molecule has 2 amide bonds. The normalized spacial score (nSPS) is 13.9. The molecule has 1 aliphatic heterocycles. The third-order valence-corrected chi connectivity index (χ3v) is 5.16. The summed E-state index contributed by atoms with van der Waals surface area (Å²) in [6.45, 7) is -1.29. The Balaban J connectivity index is 0.00000432. The second-order valence-electron chi connectivity index (χ2n) is 7.56. The fraction of sp³-hybridized carbons (Fsp3) is 0.400. The molecule has 35 heavy (non-hydrogen) atoms. The molecule has 0 radical (unpaired) electrons. The highest BCUT2D eigenvalue weighted by Gasteiger charge is 2.41. The molecular weight excluding hydrogens is 506 g/mol. The van der Waals surface area contributed by atoms with Crippen LogP contribution in [0.5, 0.6) is 0 Å². The van der Waals surface area contributed by atoms with Crippen molar-refractivity contribution in [3.8, 4) is 6.07 Å². The van der Waals surface area contributed by atoms with Crippen molar-refractivity contribution in [2.24, 2.45) is 5.73 Å². The zero-order valence-corrected chi connectivity index (χ0v) is 18.6. The number of nitrogens with two attached hydrogens (primary N) is 1. The third kappa shape index (κ3) is 6.23. The van der Waals surface area contributed by atoms with Crippen LogP contribution in [0.2, 0.25) is 0 Å². The van der Waals surface area contributed by atoms with Crippen LogP contribution in [0.4, 0.5) is 26.3 Å². The number of nitrogens with one attached hydrogen (secondary N) is 1. The fourth-order valence-corrected chi connectivity index (χ4v) is 3.61. The lowest BCUT2D eigenvalue weighted by Gasteiger charge is -2.30. The number of carbonyl (C=O) groups is 2. The number of rotatable bonds is 6. The van der Waals surface area contributed by atoms with Crippen molar-refractivity contribution in [2.45, 2.75) is 38.1 Å². The highest BCUT2D eigenvalue weighted by molar-refractivity contribution is 5.94. The highest BCUT2D eigenvalue weighted by atomic mass is 35.5. The number of nitrogens with zero attached hydrogens (tertiary/aromatic N) is 4. The Kier molecular flexibility index (Phi) is 8.74. The van der Waals surface area contributed by atoms with Crippen LogP contribution < -0.4 is 11.1 Å². The van der Waals surface area contributed by atoms with Crippen LogP contribution in [0.3, 0.4) is 0 Å². The van der Waals surface area contributed by atoms with Crippen molar-refractivity contribution < 1.29 is 35.9 Å². The van der Waals surface area contributed by atoms with Gasteiger partial charge in [0.05, 0.1) is 18.3 Å². The Morgan fingerprint density at radius 3 is 2.46 bits per heavy atom. The highest BCUT2D eigenvalue weighted by Crippen LogP contribution is 2.32. The zero-order valence-electron chi connectivity index (χ0n) is 17.8. The number of nitriles is 1. The molecule has 190 valence electrons. The number of benzene rings is 1. The summed E-state index contributed by atoms with van der Waals surface area (Å²) in [6, 6.07) is 1.63. The number of amides is 2. The van der Waals surface area contributed by atoms with Crippen LogP contribution in [0.15, 0.2) is 12.1 Å². The number of alkyl halides is 3. The Hall–Kier alpha value is -3.31. The SMILES string of the molecule is Cl.N#CCNC(=O)c1nc(C(F)(F)F)n2c1CN(C(=O)C[C@H](N)Cc1cc(F)c(F)cc1F)CC2. The molecule has 3 rings (SSSR count). The molecule has 0 saturated heterocycles. The summed E-state index contributed by atoms with van der Waals surface area (Å²) < 4.78 is 81.2. The van der Waals surface area contributed by atoms with Crippen LogP contribution in [0.1, 0.15) is 34.0 Å². The Morgan fingerprint density at radius 1 is 1.17 bits per heavy atom. The maximum Gasteiger partial charge on any atom is 0.449 e. The number of carbonyl (C=O) groups excluding carboxylic acids is 2. The smallest absolute Gasteiger partial charge is 0.338 e. The van der Waals surface area contributed by atoms with Gasteiger partial charge < -0.3 is 20.5 Å². The number of halogens is 7. The first-order valence-electron chi connectivity index (χ1n) is 9.90. The van der Waals surface area contributed by atoms with Gasteiger partial charge in [0.2, 0.25) is 11.7 Å². The standard InChI is InChI=1S/C20H18F6N6O2.ClH/c21-12-8-14(23)13(22)6-10(12)5-11(28)7-16(33)31-3-4-32-15(9-31)17(18(34)29-2-1-27)30-19(32)20(24,25)26;/h6,8,11H,2-5,7,9,28H2,(H,29,34);1H/t11-;/m1./s1. The predicted molar refractivity (Wildman–Crippen MR) is 110 cm³/mol. The molecule has 1 atom stereocenters. The van der Waals surface area contributed by atoms with Gasteiger partial charge >= 0.3 is 6.18 Å². The van der Waals surface area contributed by atoms with Gasteiger partial charge in [-0.1, -0.05) is 0 Å². The summed E-state index contributed by atoms with van der Waals surface area (Å²) in [5.41, 5.74) is 4.91. The second-order valence-corrected chi connectivity index (χ2v) is 7.56. The fourth-order valence-electron chi connectivity index (χ4n) is 3.61. The number of imidazole rings is 1. The number of hydrogen-bond acceptors (Lipinski definition) is 5. The van der Waals surface area contributed by atoms with Gasteiger partial charge in [0.1, 0.15) is 12.4 Å². The minimum Gasteiger partial charge on any atom is -0.338 e. The molecule has 2 aromatic rings. The molecular formula is C20H19ClF6N6O2. The van der Waals surface area contributed by atoms with E-state index < -0.39 is 59.5 Å². The molecule has 2 heterocycles. The summed E-state index contributed by atoms with van der Waals surface area (Å²) in [5.74, 6) is -6.58. The average molecular weight is 525 g/mol. The summed E-state index contributed by atoms with van der Waals surface area (Å²) >= 11 is 0. The van der Waals surface area contributed by atoms with Gasteiger partial charge in [0, 0.05) is 31.6 Å². The summed E-state index contributed by atoms with van der Waals surface area (Å²) in [6.07, 6.45) is -5.51. The second kappa shape index (κ2) is 11.0. The van der Waals surface area contributed by atoms with Gasteiger partial charge in [-0.25, -0.2) is 18.2 Å². The maximum absolute atomic E-state index is 13.8. The van der Waals surface area contributed by atoms with Crippen molar-refractivity contribution in [3.63, 3.8) is 0 Å². The lowest BCUT2D eigenvalue weighted by Crippen LogP contribution is -2.42. The molecule has 15 heteroatoms. The van der Waals surface area contributed by atoms with Crippen LogP contribution >= 0.6 is 12.4 Å². The van der Waals surface area contributed by atoms with E-state index in [-0.39, 0.29) is 56.1 Å². The summed E-state index contributed by atoms with van der Waals surface area (Å²) in [7, 11) is 0. The molecule has 8 nitrogen and oxygen atoms in total. The van der Waals surface area contributed by atoms with E-state index in [2.05, 4.69) is 10.3 Å². The summed E-state index contributed by atoms with van der Waals surface area (Å²) in [4.78, 5) is 29.5. The van der Waals surface area contributed by atoms with E-state index in [0.29, 0.717) is 12.1 Å². The quantitative estimate of drug-likeness (QED) is 0.342. The molecule has 0 aliphatic carbocycles. The van der Waals surface area contributed by atoms with Gasteiger partial charge in [-0.3, -0.25) is 9.59 Å². The van der Waals surface area contributed by atoms with Gasteiger partial charge in [-0.15, -0.1) is 12.4 Å². The number of aromatic nitrogens is 2. The Labute approximate surface area is 201 Å². The first kappa shape index (κ1) is 27.9. The van der Waals surface area contributed by atoms with Gasteiger partial charge in [0.15, 0.2) is 17.3 Å². The lowest BCUT2D eigenvalue weighted by molar-refractivity contribution is -0.148. The largest absolute Gasteiger partial charge is 0.449 e. The third-order valence-electron chi connectivity index (χ3n) is 5.16. The molecule has 3 N–H and O–H groups in total. The first-order chi connectivity index (χ1) is 15.9. The van der Waals surface area contributed by atoms with E-state index >= 15 is 0 Å². The van der Waals surface area contributed by atoms with E-state index in [4.69, 9.17) is 11.0 Å². The molecule has 0 bridgehead atoms. The first-order valence-corrected chi connectivity index (χ1v) is 9.90.